The highest BCUT2D eigenvalue weighted by molar-refractivity contribution is 7.89. The molecule has 3 rings (SSSR count). The number of aliphatic hydroxyl groups excluding tert-OH is 1. The summed E-state index contributed by atoms with van der Waals surface area (Å²) in [7, 11) is -3.43. The van der Waals surface area contributed by atoms with Gasteiger partial charge in [-0.1, -0.05) is 0 Å². The molecule has 1 aromatic heterocycles. The van der Waals surface area contributed by atoms with E-state index in [-0.39, 0.29) is 11.5 Å². The molecule has 0 aromatic carbocycles. The highest BCUT2D eigenvalue weighted by Gasteiger charge is 2.36. The standard InChI is InChI=1S/C12H19N3O3S/c16-9-10-6-12(7-13-10)19(17,18)15-5-4-14-3-1-2-11(14)8-15/h6-7,11,13,16H,1-5,8-9H2. The van der Waals surface area contributed by atoms with Gasteiger partial charge in [-0.15, -0.1) is 0 Å². The number of sulfonamides is 1. The number of hydrogen-bond acceptors (Lipinski definition) is 4. The fourth-order valence-electron chi connectivity index (χ4n) is 2.99. The summed E-state index contributed by atoms with van der Waals surface area (Å²) in [6.45, 7) is 2.88. The van der Waals surface area contributed by atoms with Gasteiger partial charge in [-0.05, 0) is 25.5 Å². The van der Waals surface area contributed by atoms with E-state index in [0.717, 1.165) is 25.9 Å². The maximum absolute atomic E-state index is 12.5. The Bertz CT molecular complexity index is 554. The van der Waals surface area contributed by atoms with Gasteiger partial charge in [0.15, 0.2) is 0 Å². The Kier molecular flexibility index (Phi) is 3.38. The van der Waals surface area contributed by atoms with E-state index in [1.165, 1.54) is 12.3 Å². The average molecular weight is 285 g/mol. The van der Waals surface area contributed by atoms with Gasteiger partial charge in [-0.2, -0.15) is 4.31 Å². The zero-order chi connectivity index (χ0) is 13.5. The van der Waals surface area contributed by atoms with Crippen LogP contribution < -0.4 is 0 Å². The minimum atomic E-state index is -3.43. The van der Waals surface area contributed by atoms with E-state index in [4.69, 9.17) is 5.11 Å². The Morgan fingerprint density at radius 3 is 2.95 bits per heavy atom. The first-order chi connectivity index (χ1) is 9.11. The molecule has 0 amide bonds. The van der Waals surface area contributed by atoms with Crippen LogP contribution in [0, 0.1) is 0 Å². The quantitative estimate of drug-likeness (QED) is 0.818. The summed E-state index contributed by atoms with van der Waals surface area (Å²) in [5.41, 5.74) is 0.526. The summed E-state index contributed by atoms with van der Waals surface area (Å²) in [4.78, 5) is 5.41. The van der Waals surface area contributed by atoms with E-state index in [0.29, 0.717) is 24.8 Å². The van der Waals surface area contributed by atoms with Gasteiger partial charge in [0.1, 0.15) is 0 Å². The highest BCUT2D eigenvalue weighted by Crippen LogP contribution is 2.25. The Labute approximate surface area is 113 Å². The number of aliphatic hydroxyl groups is 1. The first-order valence-electron chi connectivity index (χ1n) is 6.63. The molecule has 1 aromatic rings. The van der Waals surface area contributed by atoms with Gasteiger partial charge in [0.05, 0.1) is 11.5 Å². The molecule has 7 heteroatoms. The second-order valence-electron chi connectivity index (χ2n) is 5.21. The van der Waals surface area contributed by atoms with Crippen LogP contribution in [0.15, 0.2) is 17.2 Å². The van der Waals surface area contributed by atoms with Crippen molar-refractivity contribution in [3.05, 3.63) is 18.0 Å². The van der Waals surface area contributed by atoms with Crippen LogP contribution in [0.4, 0.5) is 0 Å². The normalized spacial score (nSPS) is 25.6. The number of H-pyrrole nitrogens is 1. The van der Waals surface area contributed by atoms with Gasteiger partial charge >= 0.3 is 0 Å². The second kappa shape index (κ2) is 4.90. The zero-order valence-electron chi connectivity index (χ0n) is 10.7. The lowest BCUT2D eigenvalue weighted by atomic mass is 10.2. The Morgan fingerprint density at radius 2 is 2.21 bits per heavy atom. The van der Waals surface area contributed by atoms with Gasteiger partial charge in [-0.25, -0.2) is 8.42 Å². The fourth-order valence-corrected chi connectivity index (χ4v) is 4.48. The van der Waals surface area contributed by atoms with Crippen LogP contribution in [0.1, 0.15) is 18.5 Å². The van der Waals surface area contributed by atoms with Crippen LogP contribution >= 0.6 is 0 Å². The lowest BCUT2D eigenvalue weighted by Crippen LogP contribution is -2.51. The maximum Gasteiger partial charge on any atom is 0.244 e. The Morgan fingerprint density at radius 1 is 1.37 bits per heavy atom. The molecule has 2 saturated heterocycles. The molecule has 2 N–H and O–H groups in total. The number of piperazine rings is 1. The summed E-state index contributed by atoms with van der Waals surface area (Å²) >= 11 is 0. The monoisotopic (exact) mass is 285 g/mol. The lowest BCUT2D eigenvalue weighted by molar-refractivity contribution is 0.158. The smallest absolute Gasteiger partial charge is 0.244 e. The molecule has 2 fully saturated rings. The van der Waals surface area contributed by atoms with Gasteiger partial charge in [0, 0.05) is 37.6 Å². The molecule has 1 atom stereocenters. The zero-order valence-corrected chi connectivity index (χ0v) is 11.6. The molecule has 6 nitrogen and oxygen atoms in total. The van der Waals surface area contributed by atoms with Crippen molar-refractivity contribution in [3.63, 3.8) is 0 Å². The van der Waals surface area contributed by atoms with Crippen LogP contribution in [0.5, 0.6) is 0 Å². The molecule has 0 saturated carbocycles. The minimum absolute atomic E-state index is 0.175. The van der Waals surface area contributed by atoms with Crippen LogP contribution in [0.25, 0.3) is 0 Å². The number of rotatable bonds is 3. The lowest BCUT2D eigenvalue weighted by Gasteiger charge is -2.36. The van der Waals surface area contributed by atoms with Crippen molar-refractivity contribution in [3.8, 4) is 0 Å². The van der Waals surface area contributed by atoms with E-state index in [9.17, 15) is 8.42 Å². The van der Waals surface area contributed by atoms with Gasteiger partial charge in [0.2, 0.25) is 10.0 Å². The molecular formula is C12H19N3O3S. The summed E-state index contributed by atoms with van der Waals surface area (Å²) in [6, 6.07) is 1.89. The van der Waals surface area contributed by atoms with Crippen LogP contribution in [-0.4, -0.2) is 59.9 Å². The molecule has 3 heterocycles. The predicted octanol–water partition coefficient (Wildman–Crippen LogP) is -0.0243. The third-order valence-electron chi connectivity index (χ3n) is 4.07. The van der Waals surface area contributed by atoms with Crippen molar-refractivity contribution in [2.45, 2.75) is 30.4 Å². The Balaban J connectivity index is 1.80. The predicted molar refractivity (Wildman–Crippen MR) is 70.1 cm³/mol. The largest absolute Gasteiger partial charge is 0.390 e. The molecule has 0 radical (unpaired) electrons. The minimum Gasteiger partial charge on any atom is -0.390 e. The first kappa shape index (κ1) is 13.1. The van der Waals surface area contributed by atoms with Gasteiger partial charge < -0.3 is 10.1 Å². The van der Waals surface area contributed by atoms with Crippen molar-refractivity contribution < 1.29 is 13.5 Å². The summed E-state index contributed by atoms with van der Waals surface area (Å²) in [5.74, 6) is 0. The molecule has 0 spiro atoms. The molecule has 0 aliphatic carbocycles. The van der Waals surface area contributed by atoms with Crippen molar-refractivity contribution in [1.82, 2.24) is 14.2 Å². The summed E-state index contributed by atoms with van der Waals surface area (Å²) < 4.78 is 26.6. The van der Waals surface area contributed by atoms with E-state index < -0.39 is 10.0 Å². The second-order valence-corrected chi connectivity index (χ2v) is 7.15. The van der Waals surface area contributed by atoms with E-state index in [1.54, 1.807) is 4.31 Å². The van der Waals surface area contributed by atoms with Crippen LogP contribution in [0.2, 0.25) is 0 Å². The SMILES string of the molecule is O=S(=O)(c1c[nH]c(CO)c1)N1CCN2CCCC2C1. The number of aromatic nitrogens is 1. The number of nitrogens with zero attached hydrogens (tertiary/aromatic N) is 2. The number of fused-ring (bicyclic) bond motifs is 1. The van der Waals surface area contributed by atoms with E-state index >= 15 is 0 Å². The molecule has 0 bridgehead atoms. The topological polar surface area (TPSA) is 76.6 Å². The Hall–Kier alpha value is -0.890. The molecule has 106 valence electrons. The van der Waals surface area contributed by atoms with Crippen molar-refractivity contribution in [2.75, 3.05) is 26.2 Å². The van der Waals surface area contributed by atoms with Gasteiger partial charge in [0.25, 0.3) is 0 Å². The van der Waals surface area contributed by atoms with E-state index in [1.807, 2.05) is 0 Å². The van der Waals surface area contributed by atoms with Crippen molar-refractivity contribution >= 4 is 10.0 Å². The van der Waals surface area contributed by atoms with Crippen molar-refractivity contribution in [2.24, 2.45) is 0 Å². The van der Waals surface area contributed by atoms with Crippen LogP contribution in [0.3, 0.4) is 0 Å². The number of hydrogen-bond donors (Lipinski definition) is 2. The van der Waals surface area contributed by atoms with Gasteiger partial charge in [-0.3, -0.25) is 4.90 Å². The number of nitrogens with one attached hydrogen (secondary N) is 1. The molecule has 1 unspecified atom stereocenters. The third-order valence-corrected chi connectivity index (χ3v) is 5.92. The molecular weight excluding hydrogens is 266 g/mol. The molecule has 2 aliphatic rings. The highest BCUT2D eigenvalue weighted by atomic mass is 32.2. The molecule has 2 aliphatic heterocycles. The van der Waals surface area contributed by atoms with Crippen molar-refractivity contribution in [1.29, 1.82) is 0 Å². The average Bonchev–Trinajstić information content (AvgIpc) is 3.06. The maximum atomic E-state index is 12.5. The fraction of sp³-hybridized carbons (Fsp3) is 0.667. The summed E-state index contributed by atoms with van der Waals surface area (Å²) in [5, 5.41) is 9.00. The van der Waals surface area contributed by atoms with Crippen LogP contribution in [-0.2, 0) is 16.6 Å². The molecule has 19 heavy (non-hydrogen) atoms. The van der Waals surface area contributed by atoms with E-state index in [2.05, 4.69) is 9.88 Å². The third kappa shape index (κ3) is 2.31. The first-order valence-corrected chi connectivity index (χ1v) is 8.07. The summed E-state index contributed by atoms with van der Waals surface area (Å²) in [6.07, 6.45) is 3.71. The number of aromatic amines is 1.